The summed E-state index contributed by atoms with van der Waals surface area (Å²) in [7, 11) is 0. The van der Waals surface area contributed by atoms with Crippen LogP contribution in [0.15, 0.2) is 15.9 Å². The molecule has 0 spiro atoms. The van der Waals surface area contributed by atoms with Crippen LogP contribution in [0.2, 0.25) is 0 Å². The molecule has 1 aromatic rings. The Morgan fingerprint density at radius 1 is 1.50 bits per heavy atom. The third-order valence-electron chi connectivity index (χ3n) is 2.57. The number of likely N-dealkylation sites (tertiary alicyclic amines) is 1. The van der Waals surface area contributed by atoms with Crippen molar-refractivity contribution in [2.75, 3.05) is 19.6 Å². The minimum Gasteiger partial charge on any atom is -0.389 e. The molecular weight excluding hydrogens is 294 g/mol. The molecule has 1 aromatic heterocycles. The lowest BCUT2D eigenvalue weighted by molar-refractivity contribution is 0.0572. The van der Waals surface area contributed by atoms with E-state index in [1.807, 2.05) is 11.4 Å². The molecule has 4 nitrogen and oxygen atoms in total. The fourth-order valence-electron chi connectivity index (χ4n) is 1.74. The van der Waals surface area contributed by atoms with Crippen LogP contribution in [-0.2, 0) is 0 Å². The number of β-amino-alcohol motifs (C(OH)–C–C–N with tert-alkyl or cyclic N) is 2. The number of Topliss-reactive ketones (excluding diaryl/α,β-unsaturated/α-hetero) is 1. The number of nitrogens with zero attached hydrogens (tertiary/aromatic N) is 1. The zero-order valence-corrected chi connectivity index (χ0v) is 10.9. The molecule has 2 atom stereocenters. The largest absolute Gasteiger partial charge is 0.389 e. The highest BCUT2D eigenvalue weighted by Gasteiger charge is 2.30. The van der Waals surface area contributed by atoms with Gasteiger partial charge < -0.3 is 10.2 Å². The van der Waals surface area contributed by atoms with Gasteiger partial charge in [0, 0.05) is 17.6 Å². The molecule has 0 amide bonds. The van der Waals surface area contributed by atoms with Gasteiger partial charge in [0.15, 0.2) is 5.78 Å². The van der Waals surface area contributed by atoms with Crippen molar-refractivity contribution in [3.05, 3.63) is 20.8 Å². The van der Waals surface area contributed by atoms with Crippen molar-refractivity contribution in [1.29, 1.82) is 0 Å². The SMILES string of the molecule is O=C(CN1CC(O)C(O)C1)c1sccc1Br. The van der Waals surface area contributed by atoms with Crippen molar-refractivity contribution in [2.45, 2.75) is 12.2 Å². The van der Waals surface area contributed by atoms with E-state index in [0.717, 1.165) is 4.47 Å². The summed E-state index contributed by atoms with van der Waals surface area (Å²) >= 11 is 4.71. The fraction of sp³-hybridized carbons (Fsp3) is 0.500. The Labute approximate surface area is 106 Å². The third-order valence-corrected chi connectivity index (χ3v) is 4.45. The van der Waals surface area contributed by atoms with Crippen molar-refractivity contribution in [1.82, 2.24) is 4.90 Å². The van der Waals surface area contributed by atoms with Crippen molar-refractivity contribution in [3.63, 3.8) is 0 Å². The highest BCUT2D eigenvalue weighted by Crippen LogP contribution is 2.23. The smallest absolute Gasteiger partial charge is 0.187 e. The summed E-state index contributed by atoms with van der Waals surface area (Å²) in [6.45, 7) is 0.957. The number of halogens is 1. The van der Waals surface area contributed by atoms with Crippen LogP contribution in [0.3, 0.4) is 0 Å². The molecule has 2 N–H and O–H groups in total. The van der Waals surface area contributed by atoms with Gasteiger partial charge in [-0.25, -0.2) is 0 Å². The molecule has 2 rings (SSSR count). The van der Waals surface area contributed by atoms with Gasteiger partial charge in [0.25, 0.3) is 0 Å². The monoisotopic (exact) mass is 305 g/mol. The molecule has 0 radical (unpaired) electrons. The number of rotatable bonds is 3. The van der Waals surface area contributed by atoms with Crippen LogP contribution < -0.4 is 0 Å². The van der Waals surface area contributed by atoms with E-state index in [9.17, 15) is 15.0 Å². The number of aliphatic hydroxyl groups excluding tert-OH is 2. The summed E-state index contributed by atoms with van der Waals surface area (Å²) in [6, 6.07) is 1.84. The topological polar surface area (TPSA) is 60.8 Å². The number of carbonyl (C=O) groups is 1. The Hall–Kier alpha value is -0.270. The van der Waals surface area contributed by atoms with Gasteiger partial charge in [-0.1, -0.05) is 0 Å². The molecule has 16 heavy (non-hydrogen) atoms. The summed E-state index contributed by atoms with van der Waals surface area (Å²) in [5, 5.41) is 20.6. The maximum absolute atomic E-state index is 11.9. The van der Waals surface area contributed by atoms with Crippen LogP contribution in [0.25, 0.3) is 0 Å². The number of aliphatic hydroxyl groups is 2. The third kappa shape index (κ3) is 2.52. The Morgan fingerprint density at radius 2 is 2.12 bits per heavy atom. The summed E-state index contributed by atoms with van der Waals surface area (Å²) in [5.41, 5.74) is 0. The molecule has 0 bridgehead atoms. The van der Waals surface area contributed by atoms with Crippen molar-refractivity contribution >= 4 is 33.0 Å². The number of ketones is 1. The van der Waals surface area contributed by atoms with Crippen molar-refractivity contribution < 1.29 is 15.0 Å². The molecule has 6 heteroatoms. The quantitative estimate of drug-likeness (QED) is 0.808. The molecule has 1 saturated heterocycles. The van der Waals surface area contributed by atoms with Gasteiger partial charge in [-0.15, -0.1) is 11.3 Å². The average Bonchev–Trinajstić information content (AvgIpc) is 2.74. The lowest BCUT2D eigenvalue weighted by Crippen LogP contribution is -2.28. The lowest BCUT2D eigenvalue weighted by atomic mass is 10.3. The second-order valence-electron chi connectivity index (χ2n) is 3.85. The molecule has 1 aliphatic heterocycles. The van der Waals surface area contributed by atoms with E-state index >= 15 is 0 Å². The van der Waals surface area contributed by atoms with E-state index in [2.05, 4.69) is 15.9 Å². The molecule has 0 aromatic carbocycles. The van der Waals surface area contributed by atoms with Crippen LogP contribution in [0.4, 0.5) is 0 Å². The average molecular weight is 306 g/mol. The predicted molar refractivity (Wildman–Crippen MR) is 64.8 cm³/mol. The van der Waals surface area contributed by atoms with E-state index in [1.165, 1.54) is 11.3 Å². The van der Waals surface area contributed by atoms with Gasteiger partial charge in [0.1, 0.15) is 0 Å². The first-order valence-electron chi connectivity index (χ1n) is 4.92. The molecule has 0 saturated carbocycles. The van der Waals surface area contributed by atoms with Crippen LogP contribution in [0, 0.1) is 0 Å². The second-order valence-corrected chi connectivity index (χ2v) is 5.62. The van der Waals surface area contributed by atoms with Gasteiger partial charge in [-0.3, -0.25) is 9.69 Å². The zero-order chi connectivity index (χ0) is 11.7. The molecular formula is C10H12BrNO3S. The maximum atomic E-state index is 11.9. The summed E-state index contributed by atoms with van der Waals surface area (Å²) < 4.78 is 0.808. The number of thiophene rings is 1. The number of carbonyl (C=O) groups excluding carboxylic acids is 1. The fourth-order valence-corrected chi connectivity index (χ4v) is 3.27. The maximum Gasteiger partial charge on any atom is 0.187 e. The lowest BCUT2D eigenvalue weighted by Gasteiger charge is -2.12. The summed E-state index contributed by atoms with van der Waals surface area (Å²) in [4.78, 5) is 14.3. The zero-order valence-electron chi connectivity index (χ0n) is 8.47. The minimum atomic E-state index is -0.737. The standard InChI is InChI=1S/C10H12BrNO3S/c11-6-1-2-16-10(6)9(15)5-12-3-7(13)8(14)4-12/h1-2,7-8,13-14H,3-5H2. The normalized spacial score (nSPS) is 26.2. The summed E-state index contributed by atoms with van der Waals surface area (Å²) in [6.07, 6.45) is -1.47. The van der Waals surface area contributed by atoms with Gasteiger partial charge in [-0.2, -0.15) is 0 Å². The van der Waals surface area contributed by atoms with E-state index in [-0.39, 0.29) is 12.3 Å². The Bertz CT molecular complexity index is 385. The number of hydrogen-bond donors (Lipinski definition) is 2. The first-order chi connectivity index (χ1) is 7.58. The van der Waals surface area contributed by atoms with Gasteiger partial charge in [-0.05, 0) is 27.4 Å². The minimum absolute atomic E-state index is 0.0168. The van der Waals surface area contributed by atoms with E-state index < -0.39 is 12.2 Å². The predicted octanol–water partition coefficient (Wildman–Crippen LogP) is 0.731. The molecule has 1 fully saturated rings. The first kappa shape index (κ1) is 12.2. The van der Waals surface area contributed by atoms with Gasteiger partial charge in [0.05, 0.1) is 23.6 Å². The van der Waals surface area contributed by atoms with Crippen molar-refractivity contribution in [3.8, 4) is 0 Å². The van der Waals surface area contributed by atoms with E-state index in [0.29, 0.717) is 18.0 Å². The Kier molecular flexibility index (Phi) is 3.76. The molecule has 2 heterocycles. The Morgan fingerprint density at radius 3 is 2.62 bits per heavy atom. The van der Waals surface area contributed by atoms with Crippen LogP contribution in [-0.4, -0.2) is 52.7 Å². The highest BCUT2D eigenvalue weighted by atomic mass is 79.9. The van der Waals surface area contributed by atoms with E-state index in [1.54, 1.807) is 4.90 Å². The molecule has 0 aliphatic carbocycles. The van der Waals surface area contributed by atoms with Crippen LogP contribution in [0.5, 0.6) is 0 Å². The van der Waals surface area contributed by atoms with Gasteiger partial charge >= 0.3 is 0 Å². The highest BCUT2D eigenvalue weighted by molar-refractivity contribution is 9.10. The first-order valence-corrected chi connectivity index (χ1v) is 6.60. The van der Waals surface area contributed by atoms with Crippen molar-refractivity contribution in [2.24, 2.45) is 0 Å². The second kappa shape index (κ2) is 4.93. The molecule has 1 aliphatic rings. The molecule has 88 valence electrons. The summed E-state index contributed by atoms with van der Waals surface area (Å²) in [5.74, 6) is 0.0168. The van der Waals surface area contributed by atoms with Crippen LogP contribution in [0.1, 0.15) is 9.67 Å². The van der Waals surface area contributed by atoms with Gasteiger partial charge in [0.2, 0.25) is 0 Å². The van der Waals surface area contributed by atoms with E-state index in [4.69, 9.17) is 0 Å². The van der Waals surface area contributed by atoms with Crippen LogP contribution >= 0.6 is 27.3 Å². The molecule has 2 unspecified atom stereocenters. The Balaban J connectivity index is 1.96. The number of hydrogen-bond acceptors (Lipinski definition) is 5.